The first-order valence-corrected chi connectivity index (χ1v) is 5.60. The van der Waals surface area contributed by atoms with Crippen molar-refractivity contribution in [1.82, 2.24) is 0 Å². The van der Waals surface area contributed by atoms with Crippen molar-refractivity contribution in [1.29, 1.82) is 0 Å². The van der Waals surface area contributed by atoms with E-state index in [9.17, 15) is 35.1 Å². The molecule has 0 spiro atoms. The Morgan fingerprint density at radius 1 is 0.565 bits per heavy atom. The highest BCUT2D eigenvalue weighted by atomic mass is 19.2. The number of aromatic hydroxyl groups is 1. The van der Waals surface area contributed by atoms with E-state index in [1.165, 1.54) is 0 Å². The number of hydrogen-bond acceptors (Lipinski definition) is 2. The minimum atomic E-state index is -2.44. The van der Waals surface area contributed by atoms with Crippen molar-refractivity contribution in [3.8, 4) is 22.6 Å². The standard InChI is InChI=1S/C13H4F8O2/c1-23-13-10(20)6(16)3(7(17)11(13)21)2-4(14)8(18)12(22)9(19)5(2)15/h22H,1H3. The van der Waals surface area contributed by atoms with Crippen LogP contribution in [0, 0.1) is 46.5 Å². The summed E-state index contributed by atoms with van der Waals surface area (Å²) in [6.07, 6.45) is 0. The Bertz CT molecular complexity index is 761. The van der Waals surface area contributed by atoms with Gasteiger partial charge in [-0.1, -0.05) is 0 Å². The maximum absolute atomic E-state index is 13.8. The molecule has 0 saturated carbocycles. The summed E-state index contributed by atoms with van der Waals surface area (Å²) < 4.78 is 112. The molecule has 23 heavy (non-hydrogen) atoms. The molecular weight excluding hydrogens is 340 g/mol. The highest BCUT2D eigenvalue weighted by molar-refractivity contribution is 5.69. The Balaban J connectivity index is 3.01. The van der Waals surface area contributed by atoms with E-state index in [1.54, 1.807) is 0 Å². The lowest BCUT2D eigenvalue weighted by molar-refractivity contribution is 0.332. The maximum Gasteiger partial charge on any atom is 0.204 e. The van der Waals surface area contributed by atoms with Gasteiger partial charge >= 0.3 is 0 Å². The minimum Gasteiger partial charge on any atom is -0.503 e. The second-order valence-electron chi connectivity index (χ2n) is 4.14. The SMILES string of the molecule is COc1c(F)c(F)c(-c2c(F)c(F)c(O)c(F)c2F)c(F)c1F. The fourth-order valence-corrected chi connectivity index (χ4v) is 1.85. The van der Waals surface area contributed by atoms with E-state index in [-0.39, 0.29) is 0 Å². The van der Waals surface area contributed by atoms with Gasteiger partial charge in [-0.3, -0.25) is 0 Å². The van der Waals surface area contributed by atoms with Crippen LogP contribution in [0.3, 0.4) is 0 Å². The van der Waals surface area contributed by atoms with Crippen LogP contribution in [0.2, 0.25) is 0 Å². The van der Waals surface area contributed by atoms with Crippen LogP contribution in [0.15, 0.2) is 0 Å². The van der Waals surface area contributed by atoms with Crippen LogP contribution in [-0.2, 0) is 0 Å². The quantitative estimate of drug-likeness (QED) is 0.654. The summed E-state index contributed by atoms with van der Waals surface area (Å²) >= 11 is 0. The number of methoxy groups -OCH3 is 1. The average Bonchev–Trinajstić information content (AvgIpc) is 2.53. The Labute approximate surface area is 122 Å². The molecule has 0 heterocycles. The smallest absolute Gasteiger partial charge is 0.204 e. The molecule has 0 aliphatic carbocycles. The van der Waals surface area contributed by atoms with Crippen LogP contribution >= 0.6 is 0 Å². The molecule has 0 aliphatic heterocycles. The van der Waals surface area contributed by atoms with Gasteiger partial charge in [-0.25, -0.2) is 17.6 Å². The number of ether oxygens (including phenoxy) is 1. The van der Waals surface area contributed by atoms with Gasteiger partial charge in [-0.2, -0.15) is 17.6 Å². The first kappa shape index (κ1) is 16.8. The highest BCUT2D eigenvalue weighted by Crippen LogP contribution is 2.41. The molecule has 0 amide bonds. The third-order valence-corrected chi connectivity index (χ3v) is 2.92. The predicted octanol–water partition coefficient (Wildman–Crippen LogP) is 4.18. The maximum atomic E-state index is 13.8. The number of halogens is 8. The summed E-state index contributed by atoms with van der Waals surface area (Å²) in [6, 6.07) is 0. The second-order valence-corrected chi connectivity index (χ2v) is 4.14. The number of rotatable bonds is 2. The van der Waals surface area contributed by atoms with Crippen LogP contribution in [0.25, 0.3) is 11.1 Å². The van der Waals surface area contributed by atoms with Crippen LogP contribution in [0.1, 0.15) is 0 Å². The van der Waals surface area contributed by atoms with E-state index in [1.807, 2.05) is 0 Å². The third-order valence-electron chi connectivity index (χ3n) is 2.92. The van der Waals surface area contributed by atoms with Crippen molar-refractivity contribution in [2.45, 2.75) is 0 Å². The van der Waals surface area contributed by atoms with Gasteiger partial charge in [0, 0.05) is 0 Å². The lowest BCUT2D eigenvalue weighted by Gasteiger charge is -2.13. The monoisotopic (exact) mass is 344 g/mol. The van der Waals surface area contributed by atoms with E-state index in [0.29, 0.717) is 7.11 Å². The fourth-order valence-electron chi connectivity index (χ4n) is 1.85. The third kappa shape index (κ3) is 2.25. The largest absolute Gasteiger partial charge is 0.503 e. The lowest BCUT2D eigenvalue weighted by atomic mass is 10.0. The van der Waals surface area contributed by atoms with E-state index >= 15 is 0 Å². The summed E-state index contributed by atoms with van der Waals surface area (Å²) in [6.45, 7) is 0. The van der Waals surface area contributed by atoms with Crippen molar-refractivity contribution in [3.63, 3.8) is 0 Å². The molecule has 0 bridgehead atoms. The number of hydrogen-bond donors (Lipinski definition) is 1. The molecule has 2 aromatic rings. The molecule has 1 N–H and O–H groups in total. The van der Waals surface area contributed by atoms with Crippen molar-refractivity contribution in [2.24, 2.45) is 0 Å². The molecule has 0 aromatic heterocycles. The van der Waals surface area contributed by atoms with E-state index in [0.717, 1.165) is 0 Å². The molecule has 0 radical (unpaired) electrons. The Morgan fingerprint density at radius 2 is 0.870 bits per heavy atom. The zero-order valence-electron chi connectivity index (χ0n) is 10.9. The van der Waals surface area contributed by atoms with Crippen molar-refractivity contribution in [3.05, 3.63) is 46.5 Å². The second kappa shape index (κ2) is 5.60. The lowest BCUT2D eigenvalue weighted by Crippen LogP contribution is -2.08. The minimum absolute atomic E-state index is 0.654. The molecule has 2 nitrogen and oxygen atoms in total. The molecule has 10 heteroatoms. The summed E-state index contributed by atoms with van der Waals surface area (Å²) in [4.78, 5) is 0. The van der Waals surface area contributed by atoms with Gasteiger partial charge in [0.25, 0.3) is 0 Å². The Morgan fingerprint density at radius 3 is 1.17 bits per heavy atom. The van der Waals surface area contributed by atoms with Gasteiger partial charge in [-0.15, -0.1) is 0 Å². The van der Waals surface area contributed by atoms with Crippen molar-refractivity contribution < 1.29 is 45.0 Å². The molecule has 0 aliphatic rings. The summed E-state index contributed by atoms with van der Waals surface area (Å²) in [5, 5.41) is 8.78. The van der Waals surface area contributed by atoms with Gasteiger partial charge in [0.05, 0.1) is 18.2 Å². The van der Waals surface area contributed by atoms with Gasteiger partial charge in [0.15, 0.2) is 34.8 Å². The van der Waals surface area contributed by atoms with Crippen LogP contribution in [0.4, 0.5) is 35.1 Å². The summed E-state index contributed by atoms with van der Waals surface area (Å²) in [5.41, 5.74) is -4.10. The molecule has 0 saturated heterocycles. The fraction of sp³-hybridized carbons (Fsp3) is 0.0769. The Hall–Kier alpha value is -2.52. The molecule has 0 fully saturated rings. The summed E-state index contributed by atoms with van der Waals surface area (Å²) in [5.74, 6) is -22.3. The molecular formula is C13H4F8O2. The van der Waals surface area contributed by atoms with Crippen molar-refractivity contribution >= 4 is 0 Å². The Kier molecular flexibility index (Phi) is 4.10. The van der Waals surface area contributed by atoms with Gasteiger partial charge in [0.2, 0.25) is 23.3 Å². The van der Waals surface area contributed by atoms with Crippen LogP contribution in [0.5, 0.6) is 11.5 Å². The topological polar surface area (TPSA) is 29.5 Å². The van der Waals surface area contributed by atoms with E-state index in [4.69, 9.17) is 5.11 Å². The van der Waals surface area contributed by atoms with Gasteiger partial charge < -0.3 is 9.84 Å². The molecule has 0 unspecified atom stereocenters. The van der Waals surface area contributed by atoms with Gasteiger partial charge in [-0.05, 0) is 0 Å². The molecule has 124 valence electrons. The zero-order valence-corrected chi connectivity index (χ0v) is 10.9. The highest BCUT2D eigenvalue weighted by Gasteiger charge is 2.34. The first-order valence-electron chi connectivity index (χ1n) is 5.60. The number of benzene rings is 2. The molecule has 0 atom stereocenters. The van der Waals surface area contributed by atoms with Crippen LogP contribution in [-0.4, -0.2) is 12.2 Å². The zero-order chi connectivity index (χ0) is 17.6. The molecule has 2 rings (SSSR count). The number of phenolic OH excluding ortho intramolecular Hbond substituents is 1. The van der Waals surface area contributed by atoms with Crippen LogP contribution < -0.4 is 4.74 Å². The van der Waals surface area contributed by atoms with Gasteiger partial charge in [0.1, 0.15) is 0 Å². The van der Waals surface area contributed by atoms with E-state index in [2.05, 4.69) is 4.74 Å². The van der Waals surface area contributed by atoms with E-state index < -0.39 is 69.2 Å². The summed E-state index contributed by atoms with van der Waals surface area (Å²) in [7, 11) is 0.654. The van der Waals surface area contributed by atoms with Crippen molar-refractivity contribution in [2.75, 3.05) is 7.11 Å². The number of phenols is 1. The average molecular weight is 344 g/mol. The predicted molar refractivity (Wildman–Crippen MR) is 59.8 cm³/mol. The normalized spacial score (nSPS) is 11.0. The first-order chi connectivity index (χ1) is 10.6. The molecule has 2 aromatic carbocycles.